The fraction of sp³-hybridized carbons (Fsp3) is 0.571. The molecular weight excluding hydrogens is 357 g/mol. The van der Waals surface area contributed by atoms with E-state index in [-0.39, 0.29) is 16.7 Å². The molecule has 1 atom stereocenters. The highest BCUT2D eigenvalue weighted by Crippen LogP contribution is 2.38. The zero-order chi connectivity index (χ0) is 15.5. The van der Waals surface area contributed by atoms with Crippen LogP contribution in [-0.4, -0.2) is 12.8 Å². The highest BCUT2D eigenvalue weighted by Gasteiger charge is 2.29. The summed E-state index contributed by atoms with van der Waals surface area (Å²) in [5.41, 5.74) is 0.981. The molecule has 0 aromatic heterocycles. The van der Waals surface area contributed by atoms with E-state index in [1.54, 1.807) is 12.1 Å². The molecule has 1 unspecified atom stereocenters. The van der Waals surface area contributed by atoms with E-state index in [0.29, 0.717) is 10.4 Å². The Hall–Kier alpha value is -0.420. The van der Waals surface area contributed by atoms with Crippen LogP contribution in [0.3, 0.4) is 0 Å². The van der Waals surface area contributed by atoms with E-state index in [2.05, 4.69) is 36.7 Å². The molecule has 0 heterocycles. The van der Waals surface area contributed by atoms with Gasteiger partial charge in [-0.2, -0.15) is 13.2 Å². The Morgan fingerprint density at radius 1 is 1.25 bits per heavy atom. The average molecular weight is 374 g/mol. The monoisotopic (exact) mass is 372 g/mol. The maximum Gasteiger partial charge on any atom is 0.422 e. The van der Waals surface area contributed by atoms with E-state index >= 15 is 0 Å². The van der Waals surface area contributed by atoms with Crippen LogP contribution in [0.1, 0.15) is 38.7 Å². The lowest BCUT2D eigenvalue weighted by molar-refractivity contribution is -0.153. The maximum absolute atomic E-state index is 12.2. The number of benzene rings is 1. The van der Waals surface area contributed by atoms with Crippen molar-refractivity contribution in [1.82, 2.24) is 0 Å². The summed E-state index contributed by atoms with van der Waals surface area (Å²) in [4.78, 5) is 0. The van der Waals surface area contributed by atoms with Gasteiger partial charge in [0.1, 0.15) is 0 Å². The number of hydrogen-bond donors (Lipinski definition) is 0. The Bertz CT molecular complexity index is 437. The van der Waals surface area contributed by atoms with Crippen LogP contribution in [-0.2, 0) is 0 Å². The number of hydrogen-bond acceptors (Lipinski definition) is 1. The molecule has 0 saturated heterocycles. The van der Waals surface area contributed by atoms with Gasteiger partial charge in [0.25, 0.3) is 0 Å². The van der Waals surface area contributed by atoms with E-state index in [4.69, 9.17) is 16.3 Å². The molecule has 0 spiro atoms. The molecule has 0 saturated carbocycles. The molecule has 0 amide bonds. The summed E-state index contributed by atoms with van der Waals surface area (Å²) < 4.78 is 41.7. The van der Waals surface area contributed by atoms with Gasteiger partial charge in [-0.25, -0.2) is 0 Å². The second-order valence-corrected chi connectivity index (χ2v) is 6.51. The summed E-state index contributed by atoms with van der Waals surface area (Å²) in [6.07, 6.45) is -3.40. The molecule has 114 valence electrons. The van der Waals surface area contributed by atoms with Gasteiger partial charge < -0.3 is 4.74 Å². The minimum Gasteiger partial charge on any atom is -0.481 e. The lowest BCUT2D eigenvalue weighted by Crippen LogP contribution is -2.19. The highest BCUT2D eigenvalue weighted by atomic mass is 79.9. The summed E-state index contributed by atoms with van der Waals surface area (Å²) in [5, 5.41) is 0.189. The van der Waals surface area contributed by atoms with Crippen LogP contribution < -0.4 is 4.74 Å². The summed E-state index contributed by atoms with van der Waals surface area (Å²) in [6.45, 7) is 4.95. The highest BCUT2D eigenvalue weighted by molar-refractivity contribution is 9.10. The van der Waals surface area contributed by atoms with Gasteiger partial charge in [0.15, 0.2) is 12.4 Å². The van der Waals surface area contributed by atoms with E-state index in [0.717, 1.165) is 12.0 Å². The average Bonchev–Trinajstić information content (AvgIpc) is 2.24. The van der Waals surface area contributed by atoms with Gasteiger partial charge in [0, 0.05) is 0 Å². The van der Waals surface area contributed by atoms with Gasteiger partial charge in [0.2, 0.25) is 0 Å². The molecule has 0 fully saturated rings. The lowest BCUT2D eigenvalue weighted by atomic mass is 9.92. The van der Waals surface area contributed by atoms with Crippen LogP contribution in [0.5, 0.6) is 5.75 Å². The van der Waals surface area contributed by atoms with Gasteiger partial charge in [-0.1, -0.05) is 32.4 Å². The zero-order valence-corrected chi connectivity index (χ0v) is 13.9. The Balaban J connectivity index is 2.91. The van der Waals surface area contributed by atoms with Crippen molar-refractivity contribution in [3.63, 3.8) is 0 Å². The summed E-state index contributed by atoms with van der Waals surface area (Å²) in [7, 11) is 0. The lowest BCUT2D eigenvalue weighted by Gasteiger charge is -2.18. The van der Waals surface area contributed by atoms with Crippen molar-refractivity contribution in [2.75, 3.05) is 6.61 Å². The molecule has 0 radical (unpaired) electrons. The van der Waals surface area contributed by atoms with Crippen molar-refractivity contribution in [1.29, 1.82) is 0 Å². The van der Waals surface area contributed by atoms with Crippen molar-refractivity contribution in [2.45, 2.75) is 39.3 Å². The number of ether oxygens (including phenoxy) is 1. The van der Waals surface area contributed by atoms with Crippen molar-refractivity contribution in [3.05, 3.63) is 27.2 Å². The molecule has 20 heavy (non-hydrogen) atoms. The Morgan fingerprint density at radius 2 is 1.85 bits per heavy atom. The summed E-state index contributed by atoms with van der Waals surface area (Å²) in [5.74, 6) is 0.841. The minimum absolute atomic E-state index is 0.0319. The largest absolute Gasteiger partial charge is 0.481 e. The normalized spacial score (nSPS) is 13.7. The van der Waals surface area contributed by atoms with Crippen LogP contribution >= 0.6 is 27.5 Å². The first-order valence-corrected chi connectivity index (χ1v) is 7.45. The summed E-state index contributed by atoms with van der Waals surface area (Å²) >= 11 is 9.25. The molecule has 0 N–H and O–H groups in total. The third kappa shape index (κ3) is 5.52. The standard InChI is InChI=1S/C14H17BrClF3O/c1-8(2)4-9(3)10-5-11(15)13(12(16)6-10)20-7-14(17,18)19/h5-6,8-9H,4,7H2,1-3H3. The zero-order valence-electron chi connectivity index (χ0n) is 11.5. The van der Waals surface area contributed by atoms with Gasteiger partial charge in [0.05, 0.1) is 9.50 Å². The van der Waals surface area contributed by atoms with Gasteiger partial charge in [-0.15, -0.1) is 0 Å². The fourth-order valence-corrected chi connectivity index (χ4v) is 2.99. The van der Waals surface area contributed by atoms with Crippen LogP contribution in [0.2, 0.25) is 5.02 Å². The molecule has 0 aliphatic carbocycles. The van der Waals surface area contributed by atoms with Crippen molar-refractivity contribution in [2.24, 2.45) is 5.92 Å². The molecule has 1 nitrogen and oxygen atoms in total. The van der Waals surface area contributed by atoms with E-state index < -0.39 is 12.8 Å². The smallest absolute Gasteiger partial charge is 0.422 e. The van der Waals surface area contributed by atoms with Crippen molar-refractivity contribution in [3.8, 4) is 5.75 Å². The first-order chi connectivity index (χ1) is 9.10. The fourth-order valence-electron chi connectivity index (χ4n) is 2.00. The molecule has 1 aromatic rings. The molecule has 1 rings (SSSR count). The van der Waals surface area contributed by atoms with Gasteiger partial charge in [-0.3, -0.25) is 0 Å². The van der Waals surface area contributed by atoms with Crippen molar-refractivity contribution < 1.29 is 17.9 Å². The Morgan fingerprint density at radius 3 is 2.30 bits per heavy atom. The molecular formula is C14H17BrClF3O. The number of halogens is 5. The predicted molar refractivity (Wildman–Crippen MR) is 78.6 cm³/mol. The third-order valence-electron chi connectivity index (χ3n) is 2.79. The SMILES string of the molecule is CC(C)CC(C)c1cc(Cl)c(OCC(F)(F)F)c(Br)c1. The topological polar surface area (TPSA) is 9.23 Å². The molecule has 0 aliphatic rings. The van der Waals surface area contributed by atoms with Crippen LogP contribution in [0.15, 0.2) is 16.6 Å². The minimum atomic E-state index is -4.38. The second kappa shape index (κ2) is 7.03. The van der Waals surface area contributed by atoms with E-state index in [1.807, 2.05) is 0 Å². The van der Waals surface area contributed by atoms with Crippen molar-refractivity contribution >= 4 is 27.5 Å². The molecule has 6 heteroatoms. The summed E-state index contributed by atoms with van der Waals surface area (Å²) in [6, 6.07) is 3.44. The van der Waals surface area contributed by atoms with E-state index in [1.165, 1.54) is 0 Å². The maximum atomic E-state index is 12.2. The second-order valence-electron chi connectivity index (χ2n) is 5.25. The van der Waals surface area contributed by atoms with Crippen LogP contribution in [0, 0.1) is 5.92 Å². The number of rotatable bonds is 5. The third-order valence-corrected chi connectivity index (χ3v) is 3.66. The first-order valence-electron chi connectivity index (χ1n) is 6.28. The molecule has 0 aliphatic heterocycles. The Labute approximate surface area is 130 Å². The number of alkyl halides is 3. The first kappa shape index (κ1) is 17.6. The van der Waals surface area contributed by atoms with Gasteiger partial charge in [-0.05, 0) is 51.9 Å². The Kier molecular flexibility index (Phi) is 6.20. The van der Waals surface area contributed by atoms with Crippen LogP contribution in [0.4, 0.5) is 13.2 Å². The van der Waals surface area contributed by atoms with Gasteiger partial charge >= 0.3 is 6.18 Å². The molecule has 1 aromatic carbocycles. The van der Waals surface area contributed by atoms with E-state index in [9.17, 15) is 13.2 Å². The van der Waals surface area contributed by atoms with Crippen LogP contribution in [0.25, 0.3) is 0 Å². The quantitative estimate of drug-likeness (QED) is 0.597. The molecule has 0 bridgehead atoms. The predicted octanol–water partition coefficient (Wildman–Crippen LogP) is 6.19.